The number of nitro groups is 1. The van der Waals surface area contributed by atoms with Crippen molar-refractivity contribution in [2.75, 3.05) is 5.32 Å². The molecule has 2 atom stereocenters. The summed E-state index contributed by atoms with van der Waals surface area (Å²) in [7, 11) is 0. The van der Waals surface area contributed by atoms with E-state index in [1.165, 1.54) is 43.3 Å². The summed E-state index contributed by atoms with van der Waals surface area (Å²) in [6, 6.07) is 7.90. The van der Waals surface area contributed by atoms with Crippen molar-refractivity contribution in [3.8, 4) is 0 Å². The highest BCUT2D eigenvalue weighted by molar-refractivity contribution is 5.99. The number of hydrogen-bond donors (Lipinski definition) is 2. The molecule has 1 aliphatic rings. The number of nitrogens with zero attached hydrogens (tertiary/aromatic N) is 2. The number of carbonyl (C=O) groups excluding carboxylic acids is 1. The fourth-order valence-electron chi connectivity index (χ4n) is 4.55. The molecule has 35 heavy (non-hydrogen) atoms. The van der Waals surface area contributed by atoms with Crippen LogP contribution < -0.4 is 10.9 Å². The first kappa shape index (κ1) is 24.3. The standard InChI is InChI=1S/C23H20F3N3O6/c1-12-18-10-14(8-9-17(18)20(30)35-28-12)27-21(31)22(32,23(24,25)26)11-13-4-2-6-16-15(13)5-3-7-19(16)29(33)34/h3,5,7-10,13,32H,2,4,6,11H2,1H3,(H,27,31)/t13-,22?/m1/s1. The molecule has 0 radical (unpaired) electrons. The van der Waals surface area contributed by atoms with Crippen LogP contribution in [0.1, 0.15) is 42.0 Å². The summed E-state index contributed by atoms with van der Waals surface area (Å²) in [5.74, 6) is -2.63. The number of anilines is 1. The van der Waals surface area contributed by atoms with Crippen molar-refractivity contribution in [3.63, 3.8) is 0 Å². The second-order valence-electron chi connectivity index (χ2n) is 8.52. The molecule has 0 aliphatic heterocycles. The van der Waals surface area contributed by atoms with Gasteiger partial charge in [-0.3, -0.25) is 14.9 Å². The van der Waals surface area contributed by atoms with Crippen molar-refractivity contribution in [2.45, 2.75) is 50.3 Å². The van der Waals surface area contributed by atoms with Crippen LogP contribution in [0.5, 0.6) is 0 Å². The number of alkyl halides is 3. The molecule has 1 aromatic heterocycles. The fraction of sp³-hybridized carbons (Fsp3) is 0.348. The molecule has 1 amide bonds. The fourth-order valence-corrected chi connectivity index (χ4v) is 4.55. The second kappa shape index (κ2) is 8.77. The lowest BCUT2D eigenvalue weighted by Crippen LogP contribution is -2.55. The van der Waals surface area contributed by atoms with Gasteiger partial charge in [-0.15, -0.1) is 0 Å². The largest absolute Gasteiger partial charge is 0.426 e. The SMILES string of the molecule is Cc1noc(=O)c2ccc(NC(=O)C(O)(C[C@H]3CCCc4c3cccc4[N+](=O)[O-])C(F)(F)F)cc12. The maximum atomic E-state index is 14.1. The third kappa shape index (κ3) is 4.36. The van der Waals surface area contributed by atoms with Gasteiger partial charge in [-0.1, -0.05) is 17.3 Å². The third-order valence-corrected chi connectivity index (χ3v) is 6.34. The molecule has 12 heteroatoms. The summed E-state index contributed by atoms with van der Waals surface area (Å²) < 4.78 is 46.9. The van der Waals surface area contributed by atoms with E-state index in [2.05, 4.69) is 15.0 Å². The van der Waals surface area contributed by atoms with Gasteiger partial charge in [-0.05, 0) is 55.9 Å². The highest BCUT2D eigenvalue weighted by atomic mass is 19.4. The Hall–Kier alpha value is -3.80. The Labute approximate surface area is 195 Å². The van der Waals surface area contributed by atoms with Crippen LogP contribution in [0.25, 0.3) is 10.8 Å². The van der Waals surface area contributed by atoms with Crippen LogP contribution in [0.4, 0.5) is 24.5 Å². The van der Waals surface area contributed by atoms with Crippen molar-refractivity contribution < 1.29 is 32.5 Å². The molecule has 2 aromatic carbocycles. The van der Waals surface area contributed by atoms with E-state index in [4.69, 9.17) is 0 Å². The van der Waals surface area contributed by atoms with Crippen LogP contribution in [-0.4, -0.2) is 32.9 Å². The van der Waals surface area contributed by atoms with E-state index < -0.39 is 40.6 Å². The minimum absolute atomic E-state index is 0.0830. The highest BCUT2D eigenvalue weighted by Crippen LogP contribution is 2.45. The molecule has 1 aliphatic carbocycles. The molecule has 0 spiro atoms. The number of halogens is 3. The number of aromatic nitrogens is 1. The van der Waals surface area contributed by atoms with Gasteiger partial charge in [-0.25, -0.2) is 4.79 Å². The van der Waals surface area contributed by atoms with E-state index in [0.717, 1.165) is 0 Å². The van der Waals surface area contributed by atoms with E-state index in [1.807, 2.05) is 0 Å². The number of rotatable bonds is 5. The summed E-state index contributed by atoms with van der Waals surface area (Å²) in [5.41, 5.74) is -3.88. The number of aryl methyl sites for hydroxylation is 1. The van der Waals surface area contributed by atoms with Crippen molar-refractivity contribution in [1.82, 2.24) is 5.16 Å². The minimum Gasteiger partial charge on any atom is -0.373 e. The van der Waals surface area contributed by atoms with E-state index in [-0.39, 0.29) is 34.3 Å². The Bertz CT molecular complexity index is 1390. The number of benzene rings is 2. The molecule has 2 N–H and O–H groups in total. The van der Waals surface area contributed by atoms with E-state index in [1.54, 1.807) is 0 Å². The first-order valence-corrected chi connectivity index (χ1v) is 10.7. The molecule has 0 fully saturated rings. The van der Waals surface area contributed by atoms with Gasteiger partial charge >= 0.3 is 11.8 Å². The molecular formula is C23H20F3N3O6. The van der Waals surface area contributed by atoms with Gasteiger partial charge < -0.3 is 14.9 Å². The Balaban J connectivity index is 1.68. The van der Waals surface area contributed by atoms with Gasteiger partial charge in [0.1, 0.15) is 0 Å². The van der Waals surface area contributed by atoms with Gasteiger partial charge in [0.2, 0.25) is 5.60 Å². The summed E-state index contributed by atoms with van der Waals surface area (Å²) in [6.45, 7) is 1.52. The number of amides is 1. The molecule has 0 bridgehead atoms. The third-order valence-electron chi connectivity index (χ3n) is 6.34. The van der Waals surface area contributed by atoms with Crippen LogP contribution in [0, 0.1) is 17.0 Å². The number of aliphatic hydroxyl groups is 1. The number of fused-ring (bicyclic) bond motifs is 2. The number of nitro benzene ring substituents is 1. The predicted octanol–water partition coefficient (Wildman–Crippen LogP) is 4.15. The minimum atomic E-state index is -5.33. The zero-order chi connectivity index (χ0) is 25.5. The lowest BCUT2D eigenvalue weighted by Gasteiger charge is -2.34. The zero-order valence-electron chi connectivity index (χ0n) is 18.4. The Morgan fingerprint density at radius 1 is 1.29 bits per heavy atom. The van der Waals surface area contributed by atoms with Crippen LogP contribution in [0.2, 0.25) is 0 Å². The van der Waals surface area contributed by atoms with Gasteiger partial charge in [0, 0.05) is 29.1 Å². The topological polar surface area (TPSA) is 136 Å². The predicted molar refractivity (Wildman–Crippen MR) is 118 cm³/mol. The lowest BCUT2D eigenvalue weighted by atomic mass is 9.76. The summed E-state index contributed by atoms with van der Waals surface area (Å²) in [4.78, 5) is 35.4. The second-order valence-corrected chi connectivity index (χ2v) is 8.52. The molecule has 0 saturated carbocycles. The molecule has 4 rings (SSSR count). The van der Waals surface area contributed by atoms with Crippen molar-refractivity contribution in [1.29, 1.82) is 0 Å². The maximum absolute atomic E-state index is 14.1. The molecule has 1 unspecified atom stereocenters. The van der Waals surface area contributed by atoms with Crippen molar-refractivity contribution in [3.05, 3.63) is 73.8 Å². The lowest BCUT2D eigenvalue weighted by molar-refractivity contribution is -0.385. The normalized spacial score (nSPS) is 17.5. The van der Waals surface area contributed by atoms with Gasteiger partial charge in [0.15, 0.2) is 0 Å². The number of nitrogens with one attached hydrogen (secondary N) is 1. The van der Waals surface area contributed by atoms with Crippen molar-refractivity contribution >= 4 is 28.1 Å². The average Bonchev–Trinajstić information content (AvgIpc) is 2.80. The molecule has 3 aromatic rings. The van der Waals surface area contributed by atoms with Gasteiger partial charge in [0.25, 0.3) is 11.6 Å². The van der Waals surface area contributed by atoms with E-state index >= 15 is 0 Å². The highest BCUT2D eigenvalue weighted by Gasteiger charge is 2.60. The quantitative estimate of drug-likeness (QED) is 0.404. The van der Waals surface area contributed by atoms with Gasteiger partial charge in [0.05, 0.1) is 16.0 Å². The smallest absolute Gasteiger partial charge is 0.373 e. The first-order chi connectivity index (χ1) is 16.4. The summed E-state index contributed by atoms with van der Waals surface area (Å²) >= 11 is 0. The monoisotopic (exact) mass is 491 g/mol. The Morgan fingerprint density at radius 3 is 2.71 bits per heavy atom. The number of carbonyl (C=O) groups is 1. The Morgan fingerprint density at radius 2 is 2.03 bits per heavy atom. The molecule has 184 valence electrons. The van der Waals surface area contributed by atoms with Crippen molar-refractivity contribution in [2.24, 2.45) is 0 Å². The maximum Gasteiger partial charge on any atom is 0.426 e. The van der Waals surface area contributed by atoms with Crippen LogP contribution in [0.3, 0.4) is 0 Å². The average molecular weight is 491 g/mol. The zero-order valence-corrected chi connectivity index (χ0v) is 18.4. The Kier molecular flexibility index (Phi) is 6.09. The summed E-state index contributed by atoms with van der Waals surface area (Å²) in [6.07, 6.45) is -5.43. The molecule has 1 heterocycles. The molecular weight excluding hydrogens is 471 g/mol. The number of hydrogen-bond acceptors (Lipinski definition) is 7. The van der Waals surface area contributed by atoms with Crippen LogP contribution >= 0.6 is 0 Å². The summed E-state index contributed by atoms with van der Waals surface area (Å²) in [5, 5.41) is 28.1. The van der Waals surface area contributed by atoms with Gasteiger partial charge in [-0.2, -0.15) is 13.2 Å². The molecule has 9 nitrogen and oxygen atoms in total. The van der Waals surface area contributed by atoms with Crippen LogP contribution in [0.15, 0.2) is 45.7 Å². The van der Waals surface area contributed by atoms with Crippen LogP contribution in [-0.2, 0) is 11.2 Å². The van der Waals surface area contributed by atoms with E-state index in [0.29, 0.717) is 24.0 Å². The molecule has 0 saturated heterocycles. The van der Waals surface area contributed by atoms with E-state index in [9.17, 15) is 38.0 Å². The first-order valence-electron chi connectivity index (χ1n) is 10.7.